The Morgan fingerprint density at radius 3 is 1.82 bits per heavy atom. The first kappa shape index (κ1) is 13.4. The Kier molecular flexibility index (Phi) is 11.9. The van der Waals surface area contributed by atoms with Crippen LogP contribution in [0.25, 0.3) is 0 Å². The maximum atomic E-state index is 10.3. The Labute approximate surface area is 84.6 Å². The average Bonchev–Trinajstić information content (AvgIpc) is 1.91. The Morgan fingerprint density at radius 2 is 1.64 bits per heavy atom. The number of benzene rings is 1. The molecule has 0 fully saturated rings. The summed E-state index contributed by atoms with van der Waals surface area (Å²) in [6.07, 6.45) is 1.00. The van der Waals surface area contributed by atoms with Crippen LogP contribution < -0.4 is 5.11 Å². The molecule has 0 saturated heterocycles. The molecule has 0 aliphatic carbocycles. The van der Waals surface area contributed by atoms with Crippen molar-refractivity contribution in [2.24, 2.45) is 0 Å². The van der Waals surface area contributed by atoms with Gasteiger partial charge in [-0.15, -0.1) is 5.75 Å². The fraction of sp³-hybridized carbons (Fsp3) is 0.222. The van der Waals surface area contributed by atoms with E-state index in [1.54, 1.807) is 12.1 Å². The van der Waals surface area contributed by atoms with Gasteiger partial charge >= 0.3 is 23.1 Å². The monoisotopic (exact) mass is 160 g/mol. The quantitative estimate of drug-likeness (QED) is 0.418. The summed E-state index contributed by atoms with van der Waals surface area (Å²) in [7, 11) is 0. The van der Waals surface area contributed by atoms with Crippen molar-refractivity contribution in [2.75, 3.05) is 0 Å². The average molecular weight is 160 g/mol. The van der Waals surface area contributed by atoms with Gasteiger partial charge in [0.15, 0.2) is 0 Å². The Morgan fingerprint density at radius 1 is 1.27 bits per heavy atom. The van der Waals surface area contributed by atoms with Crippen molar-refractivity contribution in [3.63, 3.8) is 0 Å². The molecule has 0 aromatic heterocycles. The van der Waals surface area contributed by atoms with E-state index in [-0.39, 0.29) is 28.8 Å². The van der Waals surface area contributed by atoms with Crippen molar-refractivity contribution >= 4 is 23.1 Å². The Balaban J connectivity index is 0. The van der Waals surface area contributed by atoms with E-state index in [0.717, 1.165) is 6.42 Å². The smallest absolute Gasteiger partial charge is 0.872 e. The van der Waals surface area contributed by atoms with Crippen LogP contribution in [0, 0.1) is 6.92 Å². The van der Waals surface area contributed by atoms with Gasteiger partial charge in [-0.2, -0.15) is 6.42 Å². The van der Waals surface area contributed by atoms with E-state index >= 15 is 0 Å². The van der Waals surface area contributed by atoms with Crippen molar-refractivity contribution in [1.29, 1.82) is 0 Å². The predicted molar refractivity (Wildman–Crippen MR) is 47.3 cm³/mol. The summed E-state index contributed by atoms with van der Waals surface area (Å²) in [4.78, 5) is 0. The molecule has 1 aromatic rings. The van der Waals surface area contributed by atoms with Crippen LogP contribution in [0.5, 0.6) is 5.75 Å². The van der Waals surface area contributed by atoms with Crippen LogP contribution in [-0.4, -0.2) is 23.1 Å². The summed E-state index contributed by atoms with van der Waals surface area (Å²) in [5.41, 5.74) is 0. The van der Waals surface area contributed by atoms with Crippen molar-refractivity contribution in [3.8, 4) is 5.75 Å². The van der Waals surface area contributed by atoms with Gasteiger partial charge in [0.1, 0.15) is 0 Å². The molecular weight excluding hydrogens is 148 g/mol. The SMILES string of the molecule is [CH2-]CC.[Mg+2].[O-]c1ccccc1. The van der Waals surface area contributed by atoms with Gasteiger partial charge < -0.3 is 12.0 Å². The third kappa shape index (κ3) is 9.79. The molecular formula is C9H12MgO. The molecule has 0 radical (unpaired) electrons. The second-order valence-corrected chi connectivity index (χ2v) is 1.81. The molecule has 0 bridgehead atoms. The van der Waals surface area contributed by atoms with E-state index in [0.29, 0.717) is 0 Å². The molecule has 0 amide bonds. The van der Waals surface area contributed by atoms with Gasteiger partial charge in [0.25, 0.3) is 0 Å². The minimum absolute atomic E-state index is 0. The molecule has 0 unspecified atom stereocenters. The van der Waals surface area contributed by atoms with Crippen LogP contribution in [0.3, 0.4) is 0 Å². The first-order valence-electron chi connectivity index (χ1n) is 3.32. The molecule has 0 saturated carbocycles. The first-order valence-corrected chi connectivity index (χ1v) is 3.32. The van der Waals surface area contributed by atoms with E-state index < -0.39 is 0 Å². The second-order valence-electron chi connectivity index (χ2n) is 1.81. The summed E-state index contributed by atoms with van der Waals surface area (Å²) < 4.78 is 0. The molecule has 0 aliphatic heterocycles. The Bertz CT molecular complexity index is 151. The third-order valence-electron chi connectivity index (χ3n) is 0.743. The summed E-state index contributed by atoms with van der Waals surface area (Å²) in [5.74, 6) is 0.0718. The maximum absolute atomic E-state index is 10.3. The van der Waals surface area contributed by atoms with Crippen LogP contribution >= 0.6 is 0 Å². The van der Waals surface area contributed by atoms with E-state index in [1.807, 2.05) is 13.0 Å². The van der Waals surface area contributed by atoms with Gasteiger partial charge in [0, 0.05) is 0 Å². The molecule has 0 heterocycles. The minimum atomic E-state index is 0. The Hall–Kier alpha value is -0.214. The predicted octanol–water partition coefficient (Wildman–Crippen LogP) is 1.61. The second kappa shape index (κ2) is 9.79. The van der Waals surface area contributed by atoms with Gasteiger partial charge in [0.2, 0.25) is 0 Å². The largest absolute Gasteiger partial charge is 2.00 e. The molecule has 0 aliphatic rings. The van der Waals surface area contributed by atoms with Gasteiger partial charge in [-0.25, -0.2) is 0 Å². The molecule has 56 valence electrons. The molecule has 0 spiro atoms. The van der Waals surface area contributed by atoms with Crippen molar-refractivity contribution in [3.05, 3.63) is 37.3 Å². The fourth-order valence-electron chi connectivity index (χ4n) is 0.420. The van der Waals surface area contributed by atoms with Gasteiger partial charge in [-0.1, -0.05) is 37.3 Å². The van der Waals surface area contributed by atoms with Crippen LogP contribution in [0.2, 0.25) is 0 Å². The van der Waals surface area contributed by atoms with E-state index in [2.05, 4.69) is 6.92 Å². The van der Waals surface area contributed by atoms with Crippen LogP contribution in [0.4, 0.5) is 0 Å². The summed E-state index contributed by atoms with van der Waals surface area (Å²) in [6, 6.07) is 8.33. The van der Waals surface area contributed by atoms with E-state index in [9.17, 15) is 5.11 Å². The number of hydrogen-bond donors (Lipinski definition) is 0. The minimum Gasteiger partial charge on any atom is -0.872 e. The zero-order valence-corrected chi connectivity index (χ0v) is 8.33. The van der Waals surface area contributed by atoms with Crippen molar-refractivity contribution < 1.29 is 5.11 Å². The first-order chi connectivity index (χ1) is 4.81. The maximum Gasteiger partial charge on any atom is 2.00 e. The zero-order chi connectivity index (χ0) is 7.82. The number of para-hydroxylation sites is 1. The van der Waals surface area contributed by atoms with Gasteiger partial charge in [0.05, 0.1) is 0 Å². The van der Waals surface area contributed by atoms with E-state index in [1.165, 1.54) is 12.1 Å². The van der Waals surface area contributed by atoms with Gasteiger partial charge in [-0.3, -0.25) is 0 Å². The standard InChI is InChI=1S/C6H6O.C3H7.Mg/c7-6-4-2-1-3-5-6;1-3-2;/h1-5,7H;1,3H2,2H3;/q;-1;+2/p-1. The summed E-state index contributed by atoms with van der Waals surface area (Å²) >= 11 is 0. The third-order valence-corrected chi connectivity index (χ3v) is 0.743. The van der Waals surface area contributed by atoms with Gasteiger partial charge in [-0.05, 0) is 0 Å². The van der Waals surface area contributed by atoms with E-state index in [4.69, 9.17) is 0 Å². The number of hydrogen-bond acceptors (Lipinski definition) is 1. The van der Waals surface area contributed by atoms with Crippen LogP contribution in [-0.2, 0) is 0 Å². The van der Waals surface area contributed by atoms with Crippen molar-refractivity contribution in [2.45, 2.75) is 13.3 Å². The topological polar surface area (TPSA) is 23.1 Å². The number of rotatable bonds is 0. The normalized spacial score (nSPS) is 7.09. The van der Waals surface area contributed by atoms with Crippen molar-refractivity contribution in [1.82, 2.24) is 0 Å². The summed E-state index contributed by atoms with van der Waals surface area (Å²) in [5, 5.41) is 10.3. The zero-order valence-electron chi connectivity index (χ0n) is 6.92. The molecule has 1 nitrogen and oxygen atoms in total. The molecule has 11 heavy (non-hydrogen) atoms. The van der Waals surface area contributed by atoms with Crippen LogP contribution in [0.15, 0.2) is 30.3 Å². The molecule has 1 rings (SSSR count). The molecule has 1 aromatic carbocycles. The molecule has 0 atom stereocenters. The molecule has 0 N–H and O–H groups in total. The fourth-order valence-corrected chi connectivity index (χ4v) is 0.420. The van der Waals surface area contributed by atoms with Crippen LogP contribution in [0.1, 0.15) is 13.3 Å². The summed E-state index contributed by atoms with van der Waals surface area (Å²) in [6.45, 7) is 5.50. The molecule has 2 heteroatoms.